The molecule has 5 heteroatoms. The van der Waals surface area contributed by atoms with E-state index in [1.807, 2.05) is 32.0 Å². The van der Waals surface area contributed by atoms with Gasteiger partial charge in [0.2, 0.25) is 0 Å². The van der Waals surface area contributed by atoms with Gasteiger partial charge in [0, 0.05) is 19.6 Å². The molecule has 24 heavy (non-hydrogen) atoms. The minimum Gasteiger partial charge on any atom is -0.484 e. The molecule has 4 nitrogen and oxygen atoms in total. The van der Waals surface area contributed by atoms with E-state index in [2.05, 4.69) is 28.8 Å². The number of hydrogen-bond donors (Lipinski definition) is 2. The lowest BCUT2D eigenvalue weighted by molar-refractivity contribution is -0.123. The minimum absolute atomic E-state index is 0. The van der Waals surface area contributed by atoms with Gasteiger partial charge >= 0.3 is 0 Å². The molecule has 2 aromatic rings. The maximum Gasteiger partial charge on any atom is 0.258 e. The summed E-state index contributed by atoms with van der Waals surface area (Å²) in [6.07, 6.45) is 0. The second-order valence-electron chi connectivity index (χ2n) is 6.04. The van der Waals surface area contributed by atoms with Crippen molar-refractivity contribution in [3.63, 3.8) is 0 Å². The van der Waals surface area contributed by atoms with Crippen molar-refractivity contribution in [3.8, 4) is 5.75 Å². The van der Waals surface area contributed by atoms with Crippen LogP contribution in [0.4, 0.5) is 0 Å². The Kier molecular flexibility index (Phi) is 6.23. The van der Waals surface area contributed by atoms with Gasteiger partial charge in [0.1, 0.15) is 5.75 Å². The van der Waals surface area contributed by atoms with Crippen molar-refractivity contribution in [2.24, 2.45) is 0 Å². The lowest BCUT2D eigenvalue weighted by Gasteiger charge is -2.10. The number of carbonyl (C=O) groups excluding carboxylic acids is 1. The van der Waals surface area contributed by atoms with E-state index in [0.29, 0.717) is 6.54 Å². The topological polar surface area (TPSA) is 50.4 Å². The molecule has 2 N–H and O–H groups in total. The molecule has 1 aliphatic rings. The average Bonchev–Trinajstić information content (AvgIpc) is 2.99. The van der Waals surface area contributed by atoms with E-state index in [1.54, 1.807) is 0 Å². The van der Waals surface area contributed by atoms with Gasteiger partial charge < -0.3 is 15.4 Å². The van der Waals surface area contributed by atoms with E-state index >= 15 is 0 Å². The smallest absolute Gasteiger partial charge is 0.258 e. The number of halogens is 1. The fraction of sp³-hybridized carbons (Fsp3) is 0.316. The summed E-state index contributed by atoms with van der Waals surface area (Å²) in [6, 6.07) is 12.3. The van der Waals surface area contributed by atoms with Gasteiger partial charge in [0.05, 0.1) is 0 Å². The standard InChI is InChI=1S/C19H22N2O2.ClH/c1-13-3-6-18(14(2)7-13)23-12-19(22)21-9-15-4-5-16-10-20-11-17(16)8-15;/h3-8,20H,9-12H2,1-2H3,(H,21,22);1H. The van der Waals surface area contributed by atoms with E-state index in [4.69, 9.17) is 4.74 Å². The van der Waals surface area contributed by atoms with Gasteiger partial charge in [-0.3, -0.25) is 4.79 Å². The van der Waals surface area contributed by atoms with E-state index in [1.165, 1.54) is 16.7 Å². The third kappa shape index (κ3) is 4.49. The normalized spacial score (nSPS) is 12.2. The van der Waals surface area contributed by atoms with Gasteiger partial charge in [-0.1, -0.05) is 35.9 Å². The number of benzene rings is 2. The zero-order valence-electron chi connectivity index (χ0n) is 14.0. The molecule has 128 valence electrons. The van der Waals surface area contributed by atoms with Crippen molar-refractivity contribution in [1.29, 1.82) is 0 Å². The predicted octanol–water partition coefficient (Wildman–Crippen LogP) is 3.02. The van der Waals surface area contributed by atoms with Crippen LogP contribution >= 0.6 is 12.4 Å². The molecule has 0 saturated carbocycles. The molecule has 2 aromatic carbocycles. The fourth-order valence-corrected chi connectivity index (χ4v) is 2.81. The van der Waals surface area contributed by atoms with Crippen molar-refractivity contribution in [2.75, 3.05) is 6.61 Å². The number of aryl methyl sites for hydroxylation is 2. The first-order valence-corrected chi connectivity index (χ1v) is 7.90. The van der Waals surface area contributed by atoms with Crippen molar-refractivity contribution in [3.05, 3.63) is 64.2 Å². The second-order valence-corrected chi connectivity index (χ2v) is 6.04. The van der Waals surface area contributed by atoms with Crippen LogP contribution in [0.5, 0.6) is 5.75 Å². The van der Waals surface area contributed by atoms with Gasteiger partial charge in [-0.2, -0.15) is 0 Å². The van der Waals surface area contributed by atoms with E-state index < -0.39 is 0 Å². The largest absolute Gasteiger partial charge is 0.484 e. The summed E-state index contributed by atoms with van der Waals surface area (Å²) >= 11 is 0. The van der Waals surface area contributed by atoms with E-state index in [-0.39, 0.29) is 24.9 Å². The number of hydrogen-bond acceptors (Lipinski definition) is 3. The highest BCUT2D eigenvalue weighted by atomic mass is 35.5. The van der Waals surface area contributed by atoms with Crippen LogP contribution in [-0.4, -0.2) is 12.5 Å². The molecule has 0 spiro atoms. The molecule has 1 amide bonds. The van der Waals surface area contributed by atoms with Crippen LogP contribution in [0.3, 0.4) is 0 Å². The summed E-state index contributed by atoms with van der Waals surface area (Å²) in [7, 11) is 0. The number of carbonyl (C=O) groups is 1. The monoisotopic (exact) mass is 346 g/mol. The zero-order chi connectivity index (χ0) is 16.2. The number of fused-ring (bicyclic) bond motifs is 1. The van der Waals surface area contributed by atoms with E-state index in [0.717, 1.165) is 30.0 Å². The Labute approximate surface area is 149 Å². The molecular formula is C19H23ClN2O2. The molecule has 0 saturated heterocycles. The maximum atomic E-state index is 12.0. The summed E-state index contributed by atoms with van der Waals surface area (Å²) in [4.78, 5) is 12.0. The maximum absolute atomic E-state index is 12.0. The second kappa shape index (κ2) is 8.18. The Bertz CT molecular complexity index is 731. The van der Waals surface area contributed by atoms with Crippen molar-refractivity contribution in [2.45, 2.75) is 33.5 Å². The quantitative estimate of drug-likeness (QED) is 0.875. The highest BCUT2D eigenvalue weighted by Gasteiger charge is 2.10. The van der Waals surface area contributed by atoms with Crippen LogP contribution in [0.25, 0.3) is 0 Å². The van der Waals surface area contributed by atoms with Crippen LogP contribution in [0.15, 0.2) is 36.4 Å². The molecule has 1 heterocycles. The third-order valence-corrected chi connectivity index (χ3v) is 4.08. The average molecular weight is 347 g/mol. The first-order chi connectivity index (χ1) is 11.1. The summed E-state index contributed by atoms with van der Waals surface area (Å²) in [5.74, 6) is 0.651. The summed E-state index contributed by atoms with van der Waals surface area (Å²) in [5, 5.41) is 6.23. The molecule has 1 aliphatic heterocycles. The molecule has 0 bridgehead atoms. The first kappa shape index (κ1) is 18.3. The molecule has 0 atom stereocenters. The fourth-order valence-electron chi connectivity index (χ4n) is 2.81. The van der Waals surface area contributed by atoms with Gasteiger partial charge in [-0.25, -0.2) is 0 Å². The van der Waals surface area contributed by atoms with Crippen LogP contribution in [0, 0.1) is 13.8 Å². The Balaban J connectivity index is 0.00000208. The molecule has 0 fully saturated rings. The molecule has 0 radical (unpaired) electrons. The van der Waals surface area contributed by atoms with Gasteiger partial charge in [0.15, 0.2) is 6.61 Å². The van der Waals surface area contributed by atoms with Crippen molar-refractivity contribution >= 4 is 18.3 Å². The molecule has 0 aromatic heterocycles. The van der Waals surface area contributed by atoms with Crippen LogP contribution in [-0.2, 0) is 24.4 Å². The number of nitrogens with one attached hydrogen (secondary N) is 2. The Morgan fingerprint density at radius 1 is 1.12 bits per heavy atom. The van der Waals surface area contributed by atoms with Crippen LogP contribution in [0.2, 0.25) is 0 Å². The van der Waals surface area contributed by atoms with Gasteiger partial charge in [-0.15, -0.1) is 12.4 Å². The SMILES string of the molecule is Cc1ccc(OCC(=O)NCc2ccc3c(c2)CNC3)c(C)c1.Cl. The summed E-state index contributed by atoms with van der Waals surface area (Å²) in [5.41, 5.74) is 6.02. The number of amides is 1. The molecular weight excluding hydrogens is 324 g/mol. The van der Waals surface area contributed by atoms with Gasteiger partial charge in [-0.05, 0) is 42.2 Å². The van der Waals surface area contributed by atoms with Crippen LogP contribution in [0.1, 0.15) is 27.8 Å². The third-order valence-electron chi connectivity index (χ3n) is 4.08. The molecule has 0 aliphatic carbocycles. The molecule has 0 unspecified atom stereocenters. The number of rotatable bonds is 5. The number of ether oxygens (including phenoxy) is 1. The minimum atomic E-state index is -0.108. The van der Waals surface area contributed by atoms with Gasteiger partial charge in [0.25, 0.3) is 5.91 Å². The van der Waals surface area contributed by atoms with E-state index in [9.17, 15) is 4.79 Å². The Morgan fingerprint density at radius 2 is 1.92 bits per heavy atom. The lowest BCUT2D eigenvalue weighted by Crippen LogP contribution is -2.28. The van der Waals surface area contributed by atoms with Crippen molar-refractivity contribution in [1.82, 2.24) is 10.6 Å². The molecule has 3 rings (SSSR count). The Hall–Kier alpha value is -2.04. The highest BCUT2D eigenvalue weighted by molar-refractivity contribution is 5.85. The Morgan fingerprint density at radius 3 is 2.71 bits per heavy atom. The van der Waals surface area contributed by atoms with Crippen LogP contribution < -0.4 is 15.4 Å². The summed E-state index contributed by atoms with van der Waals surface area (Å²) < 4.78 is 5.59. The lowest BCUT2D eigenvalue weighted by atomic mass is 10.1. The summed E-state index contributed by atoms with van der Waals surface area (Å²) in [6.45, 7) is 6.44. The zero-order valence-corrected chi connectivity index (χ0v) is 14.8. The highest BCUT2D eigenvalue weighted by Crippen LogP contribution is 2.19. The van der Waals surface area contributed by atoms with Crippen molar-refractivity contribution < 1.29 is 9.53 Å². The first-order valence-electron chi connectivity index (χ1n) is 7.90. The predicted molar refractivity (Wildman–Crippen MR) is 97.5 cm³/mol.